The van der Waals surface area contributed by atoms with Gasteiger partial charge in [-0.1, -0.05) is 35.0 Å². The topological polar surface area (TPSA) is 136 Å². The van der Waals surface area contributed by atoms with E-state index in [0.29, 0.717) is 27.2 Å². The number of rotatable bonds is 8. The lowest BCUT2D eigenvalue weighted by Gasteiger charge is -2.15. The maximum Gasteiger partial charge on any atom is 0.338 e. The molecule has 2 amide bonds. The van der Waals surface area contributed by atoms with Crippen molar-refractivity contribution >= 4 is 64.2 Å². The van der Waals surface area contributed by atoms with Gasteiger partial charge >= 0.3 is 5.97 Å². The number of fused-ring (bicyclic) bond motifs is 1. The molecular formula is C32H19Cl2N3O7S. The molecule has 1 saturated heterocycles. The number of nitriles is 1. The van der Waals surface area contributed by atoms with E-state index in [-0.39, 0.29) is 40.6 Å². The number of hydrogen-bond acceptors (Lipinski definition) is 10. The fourth-order valence-electron chi connectivity index (χ4n) is 4.65. The van der Waals surface area contributed by atoms with Gasteiger partial charge in [0.15, 0.2) is 23.9 Å². The number of aromatic nitrogens is 1. The van der Waals surface area contributed by atoms with Crippen LogP contribution in [0.3, 0.4) is 0 Å². The zero-order valence-electron chi connectivity index (χ0n) is 23.0. The van der Waals surface area contributed by atoms with Gasteiger partial charge in [-0.25, -0.2) is 14.7 Å². The van der Waals surface area contributed by atoms with Crippen LogP contribution in [0, 0.1) is 11.3 Å². The molecule has 2 aliphatic heterocycles. The highest BCUT2D eigenvalue weighted by atomic mass is 35.5. The molecule has 45 heavy (non-hydrogen) atoms. The normalized spacial score (nSPS) is 15.2. The molecule has 4 aromatic rings. The second-order valence-electron chi connectivity index (χ2n) is 9.78. The van der Waals surface area contributed by atoms with Gasteiger partial charge in [0.2, 0.25) is 18.6 Å². The van der Waals surface area contributed by atoms with Crippen molar-refractivity contribution in [1.29, 1.82) is 5.26 Å². The number of Topliss-reactive ketones (excluding diaryl/α,β-unsaturated/α-hetero) is 1. The summed E-state index contributed by atoms with van der Waals surface area (Å²) in [5.74, 6) is -0.948. The number of carbonyl (C=O) groups excluding carboxylic acids is 4. The Morgan fingerprint density at radius 3 is 2.47 bits per heavy atom. The molecule has 13 heteroatoms. The molecule has 0 radical (unpaired) electrons. The van der Waals surface area contributed by atoms with E-state index in [1.807, 2.05) is 6.07 Å². The van der Waals surface area contributed by atoms with Crippen molar-refractivity contribution in [3.63, 3.8) is 0 Å². The van der Waals surface area contributed by atoms with Gasteiger partial charge in [0.05, 0.1) is 37.8 Å². The Labute approximate surface area is 270 Å². The minimum atomic E-state index is -0.818. The standard InChI is InChI=1S/C32H19Cl2N3O7S/c33-22-8-3-19(11-23(22)34)25(38)15-42-32(41)17-1-6-21(7-2-17)37-29(39)13-28(31(37)40)45-30-20(14-35)4-9-24(36-30)18-5-10-26-27(12-18)44-16-43-26/h1-12,28H,13,15-16H2. The summed E-state index contributed by atoms with van der Waals surface area (Å²) in [6.07, 6.45) is -0.106. The van der Waals surface area contributed by atoms with Crippen LogP contribution in [-0.2, 0) is 14.3 Å². The second kappa shape index (κ2) is 12.6. The first-order valence-electron chi connectivity index (χ1n) is 13.3. The van der Waals surface area contributed by atoms with Crippen molar-refractivity contribution in [3.05, 3.63) is 99.5 Å². The number of carbonyl (C=O) groups is 4. The van der Waals surface area contributed by atoms with Crippen molar-refractivity contribution in [2.45, 2.75) is 16.7 Å². The van der Waals surface area contributed by atoms with E-state index in [9.17, 15) is 24.4 Å². The van der Waals surface area contributed by atoms with E-state index in [1.165, 1.54) is 42.5 Å². The Hall–Kier alpha value is -4.89. The Morgan fingerprint density at radius 1 is 0.956 bits per heavy atom. The van der Waals surface area contributed by atoms with Crippen molar-refractivity contribution < 1.29 is 33.4 Å². The van der Waals surface area contributed by atoms with E-state index in [2.05, 4.69) is 11.1 Å². The number of anilines is 1. The molecule has 1 atom stereocenters. The number of nitrogens with zero attached hydrogens (tertiary/aromatic N) is 3. The van der Waals surface area contributed by atoms with Crippen LogP contribution in [0.1, 0.15) is 32.7 Å². The summed E-state index contributed by atoms with van der Waals surface area (Å²) in [5, 5.41) is 9.67. The number of amides is 2. The third-order valence-electron chi connectivity index (χ3n) is 6.95. The highest BCUT2D eigenvalue weighted by molar-refractivity contribution is 8.00. The number of hydrogen-bond donors (Lipinski definition) is 0. The SMILES string of the molecule is N#Cc1ccc(-c2ccc3c(c2)OCO3)nc1SC1CC(=O)N(c2ccc(C(=O)OCC(=O)c3ccc(Cl)c(Cl)c3)cc2)C1=O. The Bertz CT molecular complexity index is 1930. The first-order valence-corrected chi connectivity index (χ1v) is 15.0. The summed E-state index contributed by atoms with van der Waals surface area (Å²) >= 11 is 12.9. The third-order valence-corrected chi connectivity index (χ3v) is 8.87. The molecule has 0 bridgehead atoms. The van der Waals surface area contributed by atoms with Crippen molar-refractivity contribution in [1.82, 2.24) is 4.98 Å². The van der Waals surface area contributed by atoms with Gasteiger partial charge in [-0.15, -0.1) is 0 Å². The fraction of sp³-hybridized carbons (Fsp3) is 0.125. The number of imide groups is 1. The van der Waals surface area contributed by atoms with E-state index in [4.69, 9.17) is 37.4 Å². The van der Waals surface area contributed by atoms with Crippen LogP contribution in [0.2, 0.25) is 10.0 Å². The summed E-state index contributed by atoms with van der Waals surface area (Å²) in [7, 11) is 0. The van der Waals surface area contributed by atoms with Gasteiger partial charge < -0.3 is 14.2 Å². The van der Waals surface area contributed by atoms with Crippen LogP contribution in [0.4, 0.5) is 5.69 Å². The highest BCUT2D eigenvalue weighted by Gasteiger charge is 2.41. The van der Waals surface area contributed by atoms with Crippen LogP contribution in [0.25, 0.3) is 11.3 Å². The second-order valence-corrected chi connectivity index (χ2v) is 11.8. The summed E-state index contributed by atoms with van der Waals surface area (Å²) in [6.45, 7) is -0.390. The molecule has 6 rings (SSSR count). The molecule has 0 N–H and O–H groups in total. The maximum atomic E-state index is 13.4. The predicted molar refractivity (Wildman–Crippen MR) is 165 cm³/mol. The molecule has 1 fully saturated rings. The molecule has 1 aromatic heterocycles. The van der Waals surface area contributed by atoms with E-state index in [0.717, 1.165) is 22.2 Å². The molecular weight excluding hydrogens is 641 g/mol. The molecule has 0 spiro atoms. The first kappa shape index (κ1) is 30.1. The molecule has 10 nitrogen and oxygen atoms in total. The van der Waals surface area contributed by atoms with Crippen LogP contribution in [-0.4, -0.2) is 47.2 Å². The van der Waals surface area contributed by atoms with Gasteiger partial charge in [-0.3, -0.25) is 14.4 Å². The summed E-state index contributed by atoms with van der Waals surface area (Å²) < 4.78 is 15.9. The largest absolute Gasteiger partial charge is 0.454 e. The number of pyridine rings is 1. The number of halogens is 2. The molecule has 3 heterocycles. The molecule has 3 aromatic carbocycles. The molecule has 224 valence electrons. The van der Waals surface area contributed by atoms with Crippen LogP contribution < -0.4 is 14.4 Å². The van der Waals surface area contributed by atoms with Gasteiger partial charge in [-0.2, -0.15) is 5.26 Å². The zero-order valence-corrected chi connectivity index (χ0v) is 25.3. The molecule has 1 unspecified atom stereocenters. The summed E-state index contributed by atoms with van der Waals surface area (Å²) in [4.78, 5) is 56.9. The average molecular weight is 660 g/mol. The summed E-state index contributed by atoms with van der Waals surface area (Å²) in [5.41, 5.74) is 2.18. The smallest absolute Gasteiger partial charge is 0.338 e. The Balaban J connectivity index is 1.12. The van der Waals surface area contributed by atoms with Crippen LogP contribution in [0.15, 0.2) is 77.8 Å². The molecule has 0 saturated carbocycles. The minimum absolute atomic E-state index is 0.106. The quantitative estimate of drug-likeness (QED) is 0.124. The Kier molecular flexibility index (Phi) is 8.45. The van der Waals surface area contributed by atoms with Gasteiger partial charge in [0.1, 0.15) is 11.1 Å². The van der Waals surface area contributed by atoms with Gasteiger partial charge in [0.25, 0.3) is 0 Å². The van der Waals surface area contributed by atoms with E-state index in [1.54, 1.807) is 24.3 Å². The average Bonchev–Trinajstić information content (AvgIpc) is 3.63. The predicted octanol–water partition coefficient (Wildman–Crippen LogP) is 6.12. The van der Waals surface area contributed by atoms with Crippen molar-refractivity contribution in [2.75, 3.05) is 18.3 Å². The molecule has 2 aliphatic rings. The minimum Gasteiger partial charge on any atom is -0.454 e. The van der Waals surface area contributed by atoms with Crippen LogP contribution in [0.5, 0.6) is 11.5 Å². The number of esters is 1. The Morgan fingerprint density at radius 2 is 1.71 bits per heavy atom. The first-order chi connectivity index (χ1) is 21.7. The monoisotopic (exact) mass is 659 g/mol. The number of ketones is 1. The van der Waals surface area contributed by atoms with Crippen molar-refractivity contribution in [3.8, 4) is 28.8 Å². The maximum absolute atomic E-state index is 13.4. The van der Waals surface area contributed by atoms with E-state index < -0.39 is 35.4 Å². The number of benzene rings is 3. The zero-order chi connectivity index (χ0) is 31.7. The van der Waals surface area contributed by atoms with Gasteiger partial charge in [-0.05, 0) is 72.8 Å². The fourth-order valence-corrected chi connectivity index (χ4v) is 6.04. The third kappa shape index (κ3) is 6.21. The number of ether oxygens (including phenoxy) is 3. The lowest BCUT2D eigenvalue weighted by atomic mass is 10.1. The lowest BCUT2D eigenvalue weighted by molar-refractivity contribution is -0.121. The van der Waals surface area contributed by atoms with Gasteiger partial charge in [0, 0.05) is 17.5 Å². The lowest BCUT2D eigenvalue weighted by Crippen LogP contribution is -2.31. The highest BCUT2D eigenvalue weighted by Crippen LogP contribution is 2.38. The van der Waals surface area contributed by atoms with Crippen LogP contribution >= 0.6 is 35.0 Å². The molecule has 0 aliphatic carbocycles. The number of thioether (sulfide) groups is 1. The van der Waals surface area contributed by atoms with E-state index >= 15 is 0 Å². The van der Waals surface area contributed by atoms with Crippen molar-refractivity contribution in [2.24, 2.45) is 0 Å². The summed E-state index contributed by atoms with van der Waals surface area (Å²) in [6, 6.07) is 20.8.